The van der Waals surface area contributed by atoms with Crippen molar-refractivity contribution in [3.8, 4) is 0 Å². The number of hydrogen-bond acceptors (Lipinski definition) is 3. The molecule has 0 saturated carbocycles. The Balaban J connectivity index is 2.72. The van der Waals surface area contributed by atoms with E-state index in [1.807, 2.05) is 0 Å². The van der Waals surface area contributed by atoms with Crippen LogP contribution in [0.25, 0.3) is 5.57 Å². The number of dihydropyridines is 1. The van der Waals surface area contributed by atoms with E-state index in [4.69, 9.17) is 10.8 Å². The molecule has 0 unspecified atom stereocenters. The molecular formula is C14H11F3N2O2. The Labute approximate surface area is 118 Å². The molecule has 0 aliphatic carbocycles. The number of hydrogen-bond donors (Lipinski definition) is 3. The molecule has 0 radical (unpaired) electrons. The average molecular weight is 296 g/mol. The van der Waals surface area contributed by atoms with Gasteiger partial charge in [-0.2, -0.15) is 13.2 Å². The van der Waals surface area contributed by atoms with Crippen molar-refractivity contribution in [3.63, 3.8) is 0 Å². The molecule has 0 saturated heterocycles. The summed E-state index contributed by atoms with van der Waals surface area (Å²) in [6.45, 7) is 0. The van der Waals surface area contributed by atoms with Gasteiger partial charge >= 0.3 is 12.1 Å². The van der Waals surface area contributed by atoms with Crippen molar-refractivity contribution in [3.05, 3.63) is 65.1 Å². The third kappa shape index (κ3) is 2.91. The lowest BCUT2D eigenvalue weighted by atomic mass is 9.98. The summed E-state index contributed by atoms with van der Waals surface area (Å²) in [5.74, 6) is -1.39. The highest BCUT2D eigenvalue weighted by molar-refractivity contribution is 5.93. The van der Waals surface area contributed by atoms with Crippen LogP contribution in [0, 0.1) is 0 Å². The fourth-order valence-electron chi connectivity index (χ4n) is 1.96. The zero-order valence-corrected chi connectivity index (χ0v) is 10.6. The number of allylic oxidation sites excluding steroid dienone is 1. The smallest absolute Gasteiger partial charge is 0.419 e. The fourth-order valence-corrected chi connectivity index (χ4v) is 1.96. The van der Waals surface area contributed by atoms with Gasteiger partial charge in [-0.3, -0.25) is 0 Å². The number of carbonyl (C=O) groups is 1. The van der Waals surface area contributed by atoms with E-state index in [1.54, 1.807) is 6.07 Å². The van der Waals surface area contributed by atoms with Crippen molar-refractivity contribution in [2.24, 2.45) is 5.73 Å². The number of aliphatic carboxylic acids is 1. The van der Waals surface area contributed by atoms with E-state index in [2.05, 4.69) is 5.32 Å². The molecule has 1 aliphatic heterocycles. The van der Waals surface area contributed by atoms with Crippen molar-refractivity contribution in [2.75, 3.05) is 0 Å². The zero-order chi connectivity index (χ0) is 15.6. The van der Waals surface area contributed by atoms with Gasteiger partial charge in [0.15, 0.2) is 0 Å². The van der Waals surface area contributed by atoms with Crippen LogP contribution >= 0.6 is 0 Å². The predicted octanol–water partition coefficient (Wildman–Crippen LogP) is 2.37. The van der Waals surface area contributed by atoms with Crippen LogP contribution in [0.3, 0.4) is 0 Å². The van der Waals surface area contributed by atoms with Crippen LogP contribution in [0.2, 0.25) is 0 Å². The monoisotopic (exact) mass is 296 g/mol. The normalized spacial score (nSPS) is 17.5. The van der Waals surface area contributed by atoms with Gasteiger partial charge in [0.1, 0.15) is 0 Å². The van der Waals surface area contributed by atoms with Crippen LogP contribution in [0.1, 0.15) is 5.56 Å². The minimum absolute atomic E-state index is 0.101. The maximum absolute atomic E-state index is 13.3. The lowest BCUT2D eigenvalue weighted by Crippen LogP contribution is -2.27. The first-order valence-corrected chi connectivity index (χ1v) is 5.85. The molecule has 7 heteroatoms. The second kappa shape index (κ2) is 5.35. The highest BCUT2D eigenvalue weighted by Gasteiger charge is 2.39. The SMILES string of the molecule is NC1=C(C(=O)O)C=CNC1=C(c1ccccc1)C(F)(F)F. The second-order valence-corrected chi connectivity index (χ2v) is 4.22. The summed E-state index contributed by atoms with van der Waals surface area (Å²) in [5, 5.41) is 11.4. The van der Waals surface area contributed by atoms with Crippen LogP contribution in [0.4, 0.5) is 13.2 Å². The van der Waals surface area contributed by atoms with Crippen LogP contribution in [-0.2, 0) is 4.79 Å². The largest absolute Gasteiger partial charge is 0.478 e. The Morgan fingerprint density at radius 3 is 2.33 bits per heavy atom. The van der Waals surface area contributed by atoms with Crippen molar-refractivity contribution >= 4 is 11.5 Å². The summed E-state index contributed by atoms with van der Waals surface area (Å²) in [4.78, 5) is 11.0. The Morgan fingerprint density at radius 1 is 1.19 bits per heavy atom. The van der Waals surface area contributed by atoms with Gasteiger partial charge in [-0.1, -0.05) is 30.3 Å². The van der Waals surface area contributed by atoms with E-state index >= 15 is 0 Å². The van der Waals surface area contributed by atoms with E-state index in [0.717, 1.165) is 12.3 Å². The predicted molar refractivity (Wildman–Crippen MR) is 70.5 cm³/mol. The van der Waals surface area contributed by atoms with Crippen molar-refractivity contribution in [1.82, 2.24) is 5.32 Å². The number of halogens is 3. The molecule has 1 aromatic carbocycles. The molecule has 0 spiro atoms. The molecule has 110 valence electrons. The van der Waals surface area contributed by atoms with E-state index < -0.39 is 29.1 Å². The minimum Gasteiger partial charge on any atom is -0.478 e. The molecule has 1 heterocycles. The van der Waals surface area contributed by atoms with Crippen molar-refractivity contribution in [1.29, 1.82) is 0 Å². The third-order valence-corrected chi connectivity index (χ3v) is 2.86. The number of carboxylic acid groups (broad SMARTS) is 1. The lowest BCUT2D eigenvalue weighted by molar-refractivity contribution is -0.132. The Kier molecular flexibility index (Phi) is 3.75. The summed E-state index contributed by atoms with van der Waals surface area (Å²) in [7, 11) is 0. The minimum atomic E-state index is -4.69. The van der Waals surface area contributed by atoms with E-state index in [-0.39, 0.29) is 11.1 Å². The Bertz CT molecular complexity index is 659. The first-order valence-electron chi connectivity index (χ1n) is 5.85. The summed E-state index contributed by atoms with van der Waals surface area (Å²) >= 11 is 0. The van der Waals surface area contributed by atoms with Crippen LogP contribution in [-0.4, -0.2) is 17.3 Å². The van der Waals surface area contributed by atoms with Crippen LogP contribution in [0.5, 0.6) is 0 Å². The molecule has 1 aliphatic rings. The number of carboxylic acids is 1. The second-order valence-electron chi connectivity index (χ2n) is 4.22. The van der Waals surface area contributed by atoms with Crippen molar-refractivity contribution in [2.45, 2.75) is 6.18 Å². The standard InChI is InChI=1S/C14H11F3N2O2/c15-14(16,17)10(8-4-2-1-3-5-8)12-11(18)9(13(20)21)6-7-19-12/h1-7,19H,18H2,(H,20,21). The third-order valence-electron chi connectivity index (χ3n) is 2.86. The van der Waals surface area contributed by atoms with Gasteiger partial charge in [0.25, 0.3) is 0 Å². The highest BCUT2D eigenvalue weighted by atomic mass is 19.4. The van der Waals surface area contributed by atoms with Gasteiger partial charge in [0.05, 0.1) is 22.5 Å². The maximum Gasteiger partial charge on any atom is 0.419 e. The summed E-state index contributed by atoms with van der Waals surface area (Å²) in [5.41, 5.74) is 3.17. The molecule has 0 bridgehead atoms. The quantitative estimate of drug-likeness (QED) is 0.783. The van der Waals surface area contributed by atoms with E-state index in [1.165, 1.54) is 24.3 Å². The molecule has 0 aromatic heterocycles. The van der Waals surface area contributed by atoms with Crippen LogP contribution in [0.15, 0.2) is 59.6 Å². The zero-order valence-electron chi connectivity index (χ0n) is 10.6. The molecule has 21 heavy (non-hydrogen) atoms. The molecule has 4 N–H and O–H groups in total. The first-order chi connectivity index (χ1) is 9.82. The molecule has 2 rings (SSSR count). The fraction of sp³-hybridized carbons (Fsp3) is 0.0714. The van der Waals surface area contributed by atoms with Gasteiger partial charge in [0, 0.05) is 6.20 Å². The molecule has 1 aromatic rings. The number of alkyl halides is 3. The maximum atomic E-state index is 13.3. The summed E-state index contributed by atoms with van der Waals surface area (Å²) in [6.07, 6.45) is -2.47. The molecule has 0 atom stereocenters. The molecule has 0 amide bonds. The summed E-state index contributed by atoms with van der Waals surface area (Å²) < 4.78 is 40.0. The number of benzene rings is 1. The Hall–Kier alpha value is -2.70. The number of rotatable bonds is 2. The van der Waals surface area contributed by atoms with E-state index in [9.17, 15) is 18.0 Å². The number of nitrogens with two attached hydrogens (primary N) is 1. The van der Waals surface area contributed by atoms with Gasteiger partial charge in [-0.15, -0.1) is 0 Å². The number of nitrogens with one attached hydrogen (secondary N) is 1. The highest BCUT2D eigenvalue weighted by Crippen LogP contribution is 2.38. The lowest BCUT2D eigenvalue weighted by Gasteiger charge is -2.21. The summed E-state index contributed by atoms with van der Waals surface area (Å²) in [6, 6.07) is 7.06. The molecule has 4 nitrogen and oxygen atoms in total. The molecular weight excluding hydrogens is 285 g/mol. The first kappa shape index (κ1) is 14.7. The van der Waals surface area contributed by atoms with Gasteiger partial charge in [0.2, 0.25) is 0 Å². The average Bonchev–Trinajstić information content (AvgIpc) is 2.40. The van der Waals surface area contributed by atoms with E-state index in [0.29, 0.717) is 0 Å². The topological polar surface area (TPSA) is 75.4 Å². The van der Waals surface area contributed by atoms with Crippen LogP contribution < -0.4 is 11.1 Å². The van der Waals surface area contributed by atoms with Crippen molar-refractivity contribution < 1.29 is 23.1 Å². The van der Waals surface area contributed by atoms with Gasteiger partial charge < -0.3 is 16.2 Å². The Morgan fingerprint density at radius 2 is 1.81 bits per heavy atom. The van der Waals surface area contributed by atoms with Gasteiger partial charge in [-0.05, 0) is 11.6 Å². The van der Waals surface area contributed by atoms with Gasteiger partial charge in [-0.25, -0.2) is 4.79 Å². The molecule has 0 fully saturated rings.